The molecular weight excluding hydrogens is 349 g/mol. The number of hydrogen-bond acceptors (Lipinski definition) is 4. The van der Waals surface area contributed by atoms with Crippen LogP contribution in [0, 0.1) is 5.82 Å². The van der Waals surface area contributed by atoms with Gasteiger partial charge in [-0.25, -0.2) is 9.07 Å². The lowest BCUT2D eigenvalue weighted by Crippen LogP contribution is -2.28. The third-order valence-electron chi connectivity index (χ3n) is 4.04. The lowest BCUT2D eigenvalue weighted by molar-refractivity contribution is -0.129. The first kappa shape index (κ1) is 18.6. The third-order valence-corrected chi connectivity index (χ3v) is 4.04. The highest BCUT2D eigenvalue weighted by Crippen LogP contribution is 2.33. The largest absolute Gasteiger partial charge is 0.439 e. The van der Waals surface area contributed by atoms with Gasteiger partial charge in [0.05, 0.1) is 12.2 Å². The highest BCUT2D eigenvalue weighted by Gasteiger charge is 2.21. The van der Waals surface area contributed by atoms with Crippen molar-refractivity contribution in [1.82, 2.24) is 9.78 Å². The van der Waals surface area contributed by atoms with Crippen molar-refractivity contribution in [3.63, 3.8) is 0 Å². The van der Waals surface area contributed by atoms with Gasteiger partial charge in [-0.1, -0.05) is 30.3 Å². The Bertz CT molecular complexity index is 924. The molecule has 140 valence electrons. The molecule has 0 saturated heterocycles. The first-order valence-electron chi connectivity index (χ1n) is 8.41. The van der Waals surface area contributed by atoms with Gasteiger partial charge in [0.1, 0.15) is 23.4 Å². The van der Waals surface area contributed by atoms with Crippen LogP contribution < -0.4 is 10.5 Å². The number of hydrogen-bond donors (Lipinski definition) is 1. The first-order valence-corrected chi connectivity index (χ1v) is 8.41. The number of aryl methyl sites for hydroxylation is 1. The molecule has 3 rings (SSSR count). The fourth-order valence-electron chi connectivity index (χ4n) is 2.54. The second-order valence-electron chi connectivity index (χ2n) is 6.03. The molecule has 2 aromatic carbocycles. The van der Waals surface area contributed by atoms with E-state index in [1.54, 1.807) is 18.7 Å². The number of amides is 1. The Morgan fingerprint density at radius 2 is 1.85 bits per heavy atom. The predicted octanol–water partition coefficient (Wildman–Crippen LogP) is 3.41. The molecule has 0 saturated carbocycles. The average molecular weight is 369 g/mol. The predicted molar refractivity (Wildman–Crippen MR) is 98.6 cm³/mol. The minimum absolute atomic E-state index is 0.0820. The fourth-order valence-corrected chi connectivity index (χ4v) is 2.54. The van der Waals surface area contributed by atoms with Gasteiger partial charge in [-0.3, -0.25) is 4.79 Å². The van der Waals surface area contributed by atoms with Crippen LogP contribution >= 0.6 is 0 Å². The van der Waals surface area contributed by atoms with E-state index in [0.717, 1.165) is 5.56 Å². The SMILES string of the molecule is CC(OCc1c(-c2ccccc2)nn(C)c1Oc1ccc(F)cc1)C(N)=O. The maximum atomic E-state index is 13.2. The minimum atomic E-state index is -0.757. The monoisotopic (exact) mass is 369 g/mol. The normalized spacial score (nSPS) is 12.0. The Morgan fingerprint density at radius 3 is 2.48 bits per heavy atom. The second-order valence-corrected chi connectivity index (χ2v) is 6.03. The number of rotatable bonds is 7. The Kier molecular flexibility index (Phi) is 5.52. The summed E-state index contributed by atoms with van der Waals surface area (Å²) in [4.78, 5) is 11.3. The molecule has 0 bridgehead atoms. The van der Waals surface area contributed by atoms with Crippen LogP contribution in [-0.2, 0) is 23.2 Å². The zero-order valence-corrected chi connectivity index (χ0v) is 15.1. The number of nitrogens with zero attached hydrogens (tertiary/aromatic N) is 2. The summed E-state index contributed by atoms with van der Waals surface area (Å²) in [5.41, 5.74) is 7.50. The molecule has 1 atom stereocenters. The molecule has 6 nitrogen and oxygen atoms in total. The Morgan fingerprint density at radius 1 is 1.19 bits per heavy atom. The van der Waals surface area contributed by atoms with Gasteiger partial charge in [0.2, 0.25) is 11.8 Å². The fraction of sp³-hybridized carbons (Fsp3) is 0.200. The molecule has 1 heterocycles. The molecule has 0 aliphatic heterocycles. The summed E-state index contributed by atoms with van der Waals surface area (Å²) in [6, 6.07) is 15.2. The van der Waals surface area contributed by atoms with E-state index in [9.17, 15) is 9.18 Å². The Labute approximate surface area is 156 Å². The van der Waals surface area contributed by atoms with Gasteiger partial charge in [0.15, 0.2) is 0 Å². The van der Waals surface area contributed by atoms with E-state index in [2.05, 4.69) is 5.10 Å². The molecule has 0 aliphatic carbocycles. The van der Waals surface area contributed by atoms with Crippen molar-refractivity contribution in [2.45, 2.75) is 19.6 Å². The molecule has 27 heavy (non-hydrogen) atoms. The van der Waals surface area contributed by atoms with E-state index < -0.39 is 12.0 Å². The van der Waals surface area contributed by atoms with Crippen LogP contribution in [-0.4, -0.2) is 21.8 Å². The van der Waals surface area contributed by atoms with Crippen LogP contribution in [0.5, 0.6) is 11.6 Å². The van der Waals surface area contributed by atoms with Crippen LogP contribution in [0.25, 0.3) is 11.3 Å². The van der Waals surface area contributed by atoms with E-state index in [1.807, 2.05) is 30.3 Å². The van der Waals surface area contributed by atoms with Crippen molar-refractivity contribution in [2.24, 2.45) is 12.8 Å². The van der Waals surface area contributed by atoms with Crippen molar-refractivity contribution in [3.8, 4) is 22.9 Å². The van der Waals surface area contributed by atoms with E-state index in [0.29, 0.717) is 22.9 Å². The zero-order chi connectivity index (χ0) is 19.4. The van der Waals surface area contributed by atoms with E-state index in [4.69, 9.17) is 15.2 Å². The summed E-state index contributed by atoms with van der Waals surface area (Å²) >= 11 is 0. The van der Waals surface area contributed by atoms with Gasteiger partial charge in [0, 0.05) is 12.6 Å². The minimum Gasteiger partial charge on any atom is -0.439 e. The lowest BCUT2D eigenvalue weighted by Gasteiger charge is -2.12. The number of benzene rings is 2. The molecule has 0 aliphatic rings. The van der Waals surface area contributed by atoms with Crippen LogP contribution in [0.1, 0.15) is 12.5 Å². The lowest BCUT2D eigenvalue weighted by atomic mass is 10.1. The topological polar surface area (TPSA) is 79.4 Å². The first-order chi connectivity index (χ1) is 13.0. The van der Waals surface area contributed by atoms with Crippen molar-refractivity contribution >= 4 is 5.91 Å². The Hall–Kier alpha value is -3.19. The number of nitrogens with two attached hydrogens (primary N) is 1. The maximum absolute atomic E-state index is 13.2. The molecule has 0 spiro atoms. The van der Waals surface area contributed by atoms with Crippen molar-refractivity contribution in [3.05, 3.63) is 66.0 Å². The summed E-state index contributed by atoms with van der Waals surface area (Å²) in [6.45, 7) is 1.67. The van der Waals surface area contributed by atoms with Crippen molar-refractivity contribution in [1.29, 1.82) is 0 Å². The van der Waals surface area contributed by atoms with Gasteiger partial charge >= 0.3 is 0 Å². The van der Waals surface area contributed by atoms with E-state index >= 15 is 0 Å². The summed E-state index contributed by atoms with van der Waals surface area (Å²) < 4.78 is 26.3. The highest BCUT2D eigenvalue weighted by atomic mass is 19.1. The van der Waals surface area contributed by atoms with Gasteiger partial charge in [-0.05, 0) is 31.2 Å². The highest BCUT2D eigenvalue weighted by molar-refractivity contribution is 5.78. The molecule has 0 radical (unpaired) electrons. The molecule has 1 aromatic heterocycles. The average Bonchev–Trinajstić information content (AvgIpc) is 2.98. The van der Waals surface area contributed by atoms with Gasteiger partial charge in [0.25, 0.3) is 0 Å². The van der Waals surface area contributed by atoms with Gasteiger partial charge in [-0.2, -0.15) is 5.10 Å². The quantitative estimate of drug-likeness (QED) is 0.692. The van der Waals surface area contributed by atoms with E-state index in [1.165, 1.54) is 24.3 Å². The summed E-state index contributed by atoms with van der Waals surface area (Å²) in [5, 5.41) is 4.54. The molecule has 1 unspecified atom stereocenters. The molecule has 0 fully saturated rings. The smallest absolute Gasteiger partial charge is 0.246 e. The standard InChI is InChI=1S/C20H20FN3O3/c1-13(19(22)25)26-12-17-18(14-6-4-3-5-7-14)23-24(2)20(17)27-16-10-8-15(21)9-11-16/h3-11,13H,12H2,1-2H3,(H2,22,25). The number of halogens is 1. The van der Waals surface area contributed by atoms with Gasteiger partial charge in [-0.15, -0.1) is 0 Å². The number of ether oxygens (including phenoxy) is 2. The van der Waals surface area contributed by atoms with Gasteiger partial charge < -0.3 is 15.2 Å². The molecule has 3 aromatic rings. The zero-order valence-electron chi connectivity index (χ0n) is 15.1. The molecule has 2 N–H and O–H groups in total. The third kappa shape index (κ3) is 4.32. The van der Waals surface area contributed by atoms with Crippen LogP contribution in [0.4, 0.5) is 4.39 Å². The number of carbonyl (C=O) groups excluding carboxylic acids is 1. The summed E-state index contributed by atoms with van der Waals surface area (Å²) in [6.07, 6.45) is -0.757. The Balaban J connectivity index is 1.99. The molecular formula is C20H20FN3O3. The van der Waals surface area contributed by atoms with Crippen LogP contribution in [0.15, 0.2) is 54.6 Å². The number of aromatic nitrogens is 2. The van der Waals surface area contributed by atoms with Crippen LogP contribution in [0.2, 0.25) is 0 Å². The summed E-state index contributed by atoms with van der Waals surface area (Å²) in [7, 11) is 1.74. The summed E-state index contributed by atoms with van der Waals surface area (Å²) in [5.74, 6) is -0.00216. The van der Waals surface area contributed by atoms with Crippen LogP contribution in [0.3, 0.4) is 0 Å². The number of primary amides is 1. The van der Waals surface area contributed by atoms with E-state index in [-0.39, 0.29) is 12.4 Å². The maximum Gasteiger partial charge on any atom is 0.246 e. The number of carbonyl (C=O) groups is 1. The molecule has 7 heteroatoms. The second kappa shape index (κ2) is 8.01. The molecule has 1 amide bonds. The van der Waals surface area contributed by atoms with Crippen molar-refractivity contribution < 1.29 is 18.7 Å². The van der Waals surface area contributed by atoms with Crippen molar-refractivity contribution in [2.75, 3.05) is 0 Å².